The lowest BCUT2D eigenvalue weighted by Crippen LogP contribution is -2.10. The minimum atomic E-state index is -4.54. The quantitative estimate of drug-likeness (QED) is 0.619. The van der Waals surface area contributed by atoms with Crippen LogP contribution in [0.4, 0.5) is 24.8 Å². The number of alkyl halides is 3. The number of ether oxygens (including phenoxy) is 1. The Balaban J connectivity index is 1.80. The van der Waals surface area contributed by atoms with E-state index in [1.807, 2.05) is 6.07 Å². The fourth-order valence-corrected chi connectivity index (χ4v) is 2.50. The fourth-order valence-electron chi connectivity index (χ4n) is 2.50. The third kappa shape index (κ3) is 4.64. The van der Waals surface area contributed by atoms with E-state index in [2.05, 4.69) is 15.3 Å². The Morgan fingerprint density at radius 1 is 1.07 bits per heavy atom. The van der Waals surface area contributed by atoms with Crippen molar-refractivity contribution < 1.29 is 22.7 Å². The van der Waals surface area contributed by atoms with Crippen molar-refractivity contribution in [3.05, 3.63) is 72.1 Å². The number of rotatable bonds is 5. The summed E-state index contributed by atoms with van der Waals surface area (Å²) in [7, 11) is 0. The van der Waals surface area contributed by atoms with E-state index in [1.54, 1.807) is 49.4 Å². The second-order valence-electron chi connectivity index (χ2n) is 5.77. The van der Waals surface area contributed by atoms with E-state index in [9.17, 15) is 18.0 Å². The zero-order valence-electron chi connectivity index (χ0n) is 14.8. The molecule has 0 saturated carbocycles. The molecule has 1 aromatic heterocycles. The average molecular weight is 387 g/mol. The number of hydrogen-bond acceptors (Lipinski definition) is 5. The van der Waals surface area contributed by atoms with E-state index in [-0.39, 0.29) is 5.95 Å². The zero-order valence-corrected chi connectivity index (χ0v) is 14.8. The minimum absolute atomic E-state index is 0.148. The third-order valence-corrected chi connectivity index (χ3v) is 3.79. The molecule has 144 valence electrons. The molecule has 0 aliphatic carbocycles. The summed E-state index contributed by atoms with van der Waals surface area (Å²) < 4.78 is 43.3. The average Bonchev–Trinajstić information content (AvgIpc) is 2.68. The first-order valence-electron chi connectivity index (χ1n) is 8.41. The number of anilines is 2. The first kappa shape index (κ1) is 19.3. The van der Waals surface area contributed by atoms with Crippen LogP contribution in [0.15, 0.2) is 60.8 Å². The Morgan fingerprint density at radius 3 is 2.50 bits per heavy atom. The Bertz CT molecular complexity index is 973. The molecule has 8 heteroatoms. The lowest BCUT2D eigenvalue weighted by Gasteiger charge is -2.10. The van der Waals surface area contributed by atoms with E-state index in [0.29, 0.717) is 17.9 Å². The lowest BCUT2D eigenvalue weighted by atomic mass is 10.0. The molecule has 3 aromatic rings. The van der Waals surface area contributed by atoms with Crippen molar-refractivity contribution in [2.45, 2.75) is 13.1 Å². The highest BCUT2D eigenvalue weighted by atomic mass is 19.4. The maximum absolute atomic E-state index is 12.8. The molecular weight excluding hydrogens is 371 g/mol. The van der Waals surface area contributed by atoms with Gasteiger partial charge in [0.05, 0.1) is 12.2 Å². The summed E-state index contributed by atoms with van der Waals surface area (Å²) in [4.78, 5) is 19.0. The van der Waals surface area contributed by atoms with Gasteiger partial charge < -0.3 is 10.1 Å². The summed E-state index contributed by atoms with van der Waals surface area (Å²) >= 11 is 0. The SMILES string of the molecule is CCOC(=O)c1ccc(-c2cccc(Nc3nccc(C(F)(F)F)n3)c2)cc1. The van der Waals surface area contributed by atoms with Crippen LogP contribution in [-0.4, -0.2) is 22.5 Å². The van der Waals surface area contributed by atoms with Gasteiger partial charge in [-0.2, -0.15) is 13.2 Å². The van der Waals surface area contributed by atoms with Crippen molar-refractivity contribution in [2.24, 2.45) is 0 Å². The minimum Gasteiger partial charge on any atom is -0.462 e. The highest BCUT2D eigenvalue weighted by Crippen LogP contribution is 2.29. The van der Waals surface area contributed by atoms with Crippen LogP contribution in [0.1, 0.15) is 23.0 Å². The molecule has 0 amide bonds. The number of nitrogens with one attached hydrogen (secondary N) is 1. The van der Waals surface area contributed by atoms with Crippen LogP contribution in [-0.2, 0) is 10.9 Å². The monoisotopic (exact) mass is 387 g/mol. The normalized spacial score (nSPS) is 11.1. The van der Waals surface area contributed by atoms with Crippen molar-refractivity contribution in [3.63, 3.8) is 0 Å². The van der Waals surface area contributed by atoms with Gasteiger partial charge in [-0.25, -0.2) is 14.8 Å². The van der Waals surface area contributed by atoms with Crippen molar-refractivity contribution in [3.8, 4) is 11.1 Å². The third-order valence-electron chi connectivity index (χ3n) is 3.79. The topological polar surface area (TPSA) is 64.1 Å². The van der Waals surface area contributed by atoms with Crippen molar-refractivity contribution >= 4 is 17.6 Å². The summed E-state index contributed by atoms with van der Waals surface area (Å²) in [5.41, 5.74) is 1.60. The molecule has 1 heterocycles. The number of carbonyl (C=O) groups is 1. The van der Waals surface area contributed by atoms with Crippen molar-refractivity contribution in [1.82, 2.24) is 9.97 Å². The molecule has 0 radical (unpaired) electrons. The molecule has 0 spiro atoms. The lowest BCUT2D eigenvalue weighted by molar-refractivity contribution is -0.141. The van der Waals surface area contributed by atoms with Gasteiger partial charge in [0.2, 0.25) is 5.95 Å². The second kappa shape index (κ2) is 8.08. The first-order valence-corrected chi connectivity index (χ1v) is 8.41. The van der Waals surface area contributed by atoms with Gasteiger partial charge in [0.15, 0.2) is 0 Å². The number of aromatic nitrogens is 2. The zero-order chi connectivity index (χ0) is 20.1. The standard InChI is InChI=1S/C20H16F3N3O2/c1-2-28-18(27)14-8-6-13(7-9-14)15-4-3-5-16(12-15)25-19-24-11-10-17(26-19)20(21,22)23/h3-12H,2H2,1H3,(H,24,25,26). The molecule has 1 N–H and O–H groups in total. The Morgan fingerprint density at radius 2 is 1.82 bits per heavy atom. The number of halogens is 3. The molecule has 0 bridgehead atoms. The molecular formula is C20H16F3N3O2. The molecule has 0 saturated heterocycles. The second-order valence-corrected chi connectivity index (χ2v) is 5.77. The van der Waals surface area contributed by atoms with Crippen LogP contribution in [0.25, 0.3) is 11.1 Å². The highest BCUT2D eigenvalue weighted by Gasteiger charge is 2.32. The summed E-state index contributed by atoms with van der Waals surface area (Å²) in [5.74, 6) is -0.546. The van der Waals surface area contributed by atoms with Gasteiger partial charge in [0, 0.05) is 11.9 Å². The van der Waals surface area contributed by atoms with Gasteiger partial charge in [0.1, 0.15) is 5.69 Å². The van der Waals surface area contributed by atoms with Crippen molar-refractivity contribution in [1.29, 1.82) is 0 Å². The van der Waals surface area contributed by atoms with Gasteiger partial charge in [0.25, 0.3) is 0 Å². The van der Waals surface area contributed by atoms with Gasteiger partial charge in [-0.05, 0) is 48.4 Å². The Hall–Kier alpha value is -3.42. The smallest absolute Gasteiger partial charge is 0.433 e. The van der Waals surface area contributed by atoms with Crippen molar-refractivity contribution in [2.75, 3.05) is 11.9 Å². The molecule has 0 fully saturated rings. The van der Waals surface area contributed by atoms with E-state index in [1.165, 1.54) is 0 Å². The van der Waals surface area contributed by atoms with Gasteiger partial charge in [-0.1, -0.05) is 24.3 Å². The van der Waals surface area contributed by atoms with Crippen LogP contribution in [0.2, 0.25) is 0 Å². The molecule has 2 aromatic carbocycles. The van der Waals surface area contributed by atoms with Gasteiger partial charge in [-0.3, -0.25) is 0 Å². The number of nitrogens with zero attached hydrogens (tertiary/aromatic N) is 2. The molecule has 28 heavy (non-hydrogen) atoms. The van der Waals surface area contributed by atoms with E-state index in [0.717, 1.165) is 23.4 Å². The predicted molar refractivity (Wildman–Crippen MR) is 98.2 cm³/mol. The van der Waals surface area contributed by atoms with E-state index >= 15 is 0 Å². The van der Waals surface area contributed by atoms with Crippen LogP contribution in [0.3, 0.4) is 0 Å². The Kier molecular flexibility index (Phi) is 5.58. The Labute approximate surface area is 159 Å². The molecule has 0 aliphatic rings. The molecule has 0 aliphatic heterocycles. The van der Waals surface area contributed by atoms with E-state index < -0.39 is 17.8 Å². The summed E-state index contributed by atoms with van der Waals surface area (Å²) in [6.07, 6.45) is -3.49. The maximum Gasteiger partial charge on any atom is 0.433 e. The summed E-state index contributed by atoms with van der Waals surface area (Å²) in [6.45, 7) is 2.03. The number of benzene rings is 2. The summed E-state index contributed by atoms with van der Waals surface area (Å²) in [5, 5.41) is 2.78. The van der Waals surface area contributed by atoms with Crippen LogP contribution < -0.4 is 5.32 Å². The largest absolute Gasteiger partial charge is 0.462 e. The van der Waals surface area contributed by atoms with Crippen LogP contribution in [0, 0.1) is 0 Å². The number of esters is 1. The van der Waals surface area contributed by atoms with E-state index in [4.69, 9.17) is 4.74 Å². The highest BCUT2D eigenvalue weighted by molar-refractivity contribution is 5.90. The first-order chi connectivity index (χ1) is 13.4. The van der Waals surface area contributed by atoms with Crippen LogP contribution >= 0.6 is 0 Å². The fraction of sp³-hybridized carbons (Fsp3) is 0.150. The molecule has 0 atom stereocenters. The maximum atomic E-state index is 12.8. The number of hydrogen-bond donors (Lipinski definition) is 1. The molecule has 0 unspecified atom stereocenters. The van der Waals surface area contributed by atoms with Gasteiger partial charge in [-0.15, -0.1) is 0 Å². The predicted octanol–water partition coefficient (Wildman–Crippen LogP) is 5.08. The summed E-state index contributed by atoms with van der Waals surface area (Å²) in [6, 6.07) is 14.7. The number of carbonyl (C=O) groups excluding carboxylic acids is 1. The molecule has 5 nitrogen and oxygen atoms in total. The van der Waals surface area contributed by atoms with Gasteiger partial charge >= 0.3 is 12.1 Å². The van der Waals surface area contributed by atoms with Crippen LogP contribution in [0.5, 0.6) is 0 Å². The molecule has 3 rings (SSSR count).